The van der Waals surface area contributed by atoms with E-state index in [-0.39, 0.29) is 21.1 Å². The molecule has 4 aromatic carbocycles. The maximum absolute atomic E-state index is 6.51. The van der Waals surface area contributed by atoms with Gasteiger partial charge in [-0.3, -0.25) is 4.68 Å². The third-order valence-electron chi connectivity index (χ3n) is 9.87. The average Bonchev–Trinajstić information content (AvgIpc) is 3.62. The monoisotopic (exact) mass is 867 g/mol. The van der Waals surface area contributed by atoms with Crippen molar-refractivity contribution in [1.82, 2.24) is 19.3 Å². The Hall–Kier alpha value is -4.47. The van der Waals surface area contributed by atoms with Crippen molar-refractivity contribution < 1.29 is 25.8 Å². The second kappa shape index (κ2) is 16.9. The van der Waals surface area contributed by atoms with E-state index in [4.69, 9.17) is 14.8 Å². The molecule has 0 unspecified atom stereocenters. The van der Waals surface area contributed by atoms with Crippen LogP contribution in [0.2, 0.25) is 0 Å². The minimum atomic E-state index is 0. The van der Waals surface area contributed by atoms with Crippen molar-refractivity contribution >= 4 is 21.8 Å². The van der Waals surface area contributed by atoms with Gasteiger partial charge in [0.05, 0.1) is 5.69 Å². The Morgan fingerprint density at radius 3 is 2.31 bits per heavy atom. The summed E-state index contributed by atoms with van der Waals surface area (Å²) in [6.45, 7) is 11.0. The quantitative estimate of drug-likeness (QED) is 0.0808. The number of ether oxygens (including phenoxy) is 1. The summed E-state index contributed by atoms with van der Waals surface area (Å²) < 4.78 is 10.7. The van der Waals surface area contributed by atoms with Crippen molar-refractivity contribution in [3.05, 3.63) is 132 Å². The predicted octanol–water partition coefficient (Wildman–Crippen LogP) is 12.1. The Balaban J connectivity index is 0.00000464. The molecule has 0 fully saturated rings. The van der Waals surface area contributed by atoms with Crippen molar-refractivity contribution in [3.63, 3.8) is 0 Å². The van der Waals surface area contributed by atoms with Gasteiger partial charge in [0.25, 0.3) is 0 Å². The number of nitrogens with zero attached hydrogens (tertiary/aromatic N) is 4. The van der Waals surface area contributed by atoms with Gasteiger partial charge in [0.1, 0.15) is 5.82 Å². The number of rotatable bonds is 14. The number of aromatic nitrogens is 4. The third-order valence-corrected chi connectivity index (χ3v) is 9.87. The first-order valence-electron chi connectivity index (χ1n) is 18.7. The van der Waals surface area contributed by atoms with Crippen LogP contribution < -0.4 is 4.74 Å². The largest absolute Gasteiger partial charge is 2.00 e. The van der Waals surface area contributed by atoms with Crippen molar-refractivity contribution in [1.29, 1.82) is 0 Å². The molecule has 0 atom stereocenters. The normalized spacial score (nSPS) is 11.4. The molecular weight excluding hydrogens is 820 g/mol. The maximum Gasteiger partial charge on any atom is 2.00 e. The van der Waals surface area contributed by atoms with Gasteiger partial charge in [0.2, 0.25) is 0 Å². The minimum Gasteiger partial charge on any atom is -0.509 e. The summed E-state index contributed by atoms with van der Waals surface area (Å²) in [7, 11) is 0. The second-order valence-corrected chi connectivity index (χ2v) is 14.2. The molecule has 0 aliphatic heterocycles. The second-order valence-electron chi connectivity index (χ2n) is 14.2. The van der Waals surface area contributed by atoms with Crippen LogP contribution in [0.15, 0.2) is 97.2 Å². The maximum atomic E-state index is 6.51. The molecule has 7 rings (SSSR count). The van der Waals surface area contributed by atoms with Gasteiger partial charge in [0, 0.05) is 34.5 Å². The van der Waals surface area contributed by atoms with Crippen molar-refractivity contribution in [2.24, 2.45) is 5.92 Å². The molecule has 0 aliphatic rings. The minimum absolute atomic E-state index is 0. The molecule has 0 spiro atoms. The van der Waals surface area contributed by atoms with E-state index in [0.29, 0.717) is 11.5 Å². The number of fused-ring (bicyclic) bond motifs is 3. The molecule has 6 heteroatoms. The van der Waals surface area contributed by atoms with Crippen LogP contribution in [0, 0.1) is 31.9 Å². The van der Waals surface area contributed by atoms with E-state index < -0.39 is 0 Å². The Morgan fingerprint density at radius 2 is 1.52 bits per heavy atom. The first kappa shape index (κ1) is 37.3. The molecule has 268 valence electrons. The number of unbranched alkanes of at least 4 members (excludes halogenated alkanes) is 3. The number of benzene rings is 4. The Labute approximate surface area is 323 Å². The summed E-state index contributed by atoms with van der Waals surface area (Å²) in [5.41, 5.74) is 9.94. The van der Waals surface area contributed by atoms with Crippen LogP contribution in [0.4, 0.5) is 0 Å². The van der Waals surface area contributed by atoms with Crippen LogP contribution >= 0.6 is 0 Å². The summed E-state index contributed by atoms with van der Waals surface area (Å²) in [6, 6.07) is 39.0. The van der Waals surface area contributed by atoms with Crippen LogP contribution in [0.25, 0.3) is 44.4 Å². The Kier molecular flexibility index (Phi) is 12.1. The summed E-state index contributed by atoms with van der Waals surface area (Å²) in [5, 5.41) is 7.26. The van der Waals surface area contributed by atoms with Crippen LogP contribution in [0.1, 0.15) is 81.8 Å². The van der Waals surface area contributed by atoms with Gasteiger partial charge in [0.15, 0.2) is 0 Å². The molecule has 0 radical (unpaired) electrons. The van der Waals surface area contributed by atoms with Gasteiger partial charge in [-0.05, 0) is 91.4 Å². The van der Waals surface area contributed by atoms with E-state index in [1.807, 2.05) is 41.2 Å². The molecule has 5 nitrogen and oxygen atoms in total. The molecule has 3 heterocycles. The smallest absolute Gasteiger partial charge is 0.509 e. The van der Waals surface area contributed by atoms with Gasteiger partial charge in [-0.25, -0.2) is 4.98 Å². The molecule has 0 saturated carbocycles. The Morgan fingerprint density at radius 1 is 0.750 bits per heavy atom. The number of hydrogen-bond acceptors (Lipinski definition) is 3. The van der Waals surface area contributed by atoms with E-state index in [9.17, 15) is 0 Å². The van der Waals surface area contributed by atoms with E-state index >= 15 is 0 Å². The van der Waals surface area contributed by atoms with Crippen molar-refractivity contribution in [2.75, 3.05) is 0 Å². The SMILES string of the molecule is CCCCCc1ccnc(-n2c3[c-]c(Oc4[c-]c(-n5nc(C)c(-c6ccccc6)c5C)ccc4)ccc3c3cc(CCCCC(C)C)ccc32)c1.[Pt+2]. The van der Waals surface area contributed by atoms with Crippen LogP contribution in [0.3, 0.4) is 0 Å². The predicted molar refractivity (Wildman–Crippen MR) is 210 cm³/mol. The summed E-state index contributed by atoms with van der Waals surface area (Å²) in [5.74, 6) is 2.90. The van der Waals surface area contributed by atoms with Gasteiger partial charge in [-0.2, -0.15) is 17.2 Å². The number of hydrogen-bond donors (Lipinski definition) is 0. The van der Waals surface area contributed by atoms with E-state index in [1.165, 1.54) is 55.0 Å². The van der Waals surface area contributed by atoms with Gasteiger partial charge in [-0.1, -0.05) is 94.4 Å². The topological polar surface area (TPSA) is 44.9 Å². The van der Waals surface area contributed by atoms with Gasteiger partial charge >= 0.3 is 21.1 Å². The zero-order valence-electron chi connectivity index (χ0n) is 31.0. The molecule has 52 heavy (non-hydrogen) atoms. The van der Waals surface area contributed by atoms with E-state index in [2.05, 4.69) is 112 Å². The summed E-state index contributed by atoms with van der Waals surface area (Å²) in [6.07, 6.45) is 11.4. The first-order valence-corrected chi connectivity index (χ1v) is 18.7. The van der Waals surface area contributed by atoms with Crippen molar-refractivity contribution in [2.45, 2.75) is 86.0 Å². The van der Waals surface area contributed by atoms with Crippen LogP contribution in [-0.4, -0.2) is 19.3 Å². The third kappa shape index (κ3) is 8.11. The summed E-state index contributed by atoms with van der Waals surface area (Å²) >= 11 is 0. The fourth-order valence-corrected chi connectivity index (χ4v) is 7.26. The number of pyridine rings is 1. The van der Waals surface area contributed by atoms with E-state index in [0.717, 1.165) is 69.2 Å². The zero-order valence-corrected chi connectivity index (χ0v) is 33.3. The molecule has 0 saturated heterocycles. The molecular formula is C46H48N4OPt. The van der Waals surface area contributed by atoms with Gasteiger partial charge < -0.3 is 9.30 Å². The van der Waals surface area contributed by atoms with Crippen LogP contribution in [-0.2, 0) is 33.9 Å². The van der Waals surface area contributed by atoms with Crippen LogP contribution in [0.5, 0.6) is 11.5 Å². The summed E-state index contributed by atoms with van der Waals surface area (Å²) in [4.78, 5) is 4.89. The number of aryl methyl sites for hydroxylation is 3. The average molecular weight is 868 g/mol. The molecule has 0 amide bonds. The van der Waals surface area contributed by atoms with E-state index in [1.54, 1.807) is 0 Å². The van der Waals surface area contributed by atoms with Crippen molar-refractivity contribution in [3.8, 4) is 34.1 Å². The standard InChI is InChI=1S/C46H48N4O.Pt/c1-6-7-9-16-36-26-27-47-45(29-36)49-43-25-22-35(17-13-12-15-32(2)3)28-42(43)41-24-23-40(31-44(41)49)51-39-21-14-20-38(30-39)50-34(5)46(33(4)48-50)37-18-10-8-11-19-37;/h8,10-11,14,18-29,32H,6-7,9,12-13,15-17H2,1-5H3;/q-2;+2. The molecule has 7 aromatic rings. The zero-order chi connectivity index (χ0) is 35.3. The molecule has 0 aliphatic carbocycles. The first-order chi connectivity index (χ1) is 24.9. The fourth-order valence-electron chi connectivity index (χ4n) is 7.26. The molecule has 0 bridgehead atoms. The molecule has 0 N–H and O–H groups in total. The molecule has 3 aromatic heterocycles. The Bertz CT molecular complexity index is 2270. The fraction of sp³-hybridized carbons (Fsp3) is 0.304. The van der Waals surface area contributed by atoms with Gasteiger partial charge in [-0.15, -0.1) is 35.7 Å².